The standard InChI is InChI=1S/C28H37N3O2/c1-21(2)33-26-18-22(16-24-20-29-28-9-5-4-8-27(24)28)15-23(19-26)17-25(32)7-6-10-31-13-11-30(3)12-14-31/h4-5,8-9,15,18-21,29H,6-7,10-14,16-17H2,1-3H3. The van der Waals surface area contributed by atoms with Crippen LogP contribution >= 0.6 is 0 Å². The third-order valence-corrected chi connectivity index (χ3v) is 6.39. The lowest BCUT2D eigenvalue weighted by molar-refractivity contribution is -0.118. The van der Waals surface area contributed by atoms with Gasteiger partial charge in [0, 0.05) is 56.1 Å². The maximum absolute atomic E-state index is 12.8. The first-order valence-corrected chi connectivity index (χ1v) is 12.2. The number of carbonyl (C=O) groups excluding carboxylic acids is 1. The van der Waals surface area contributed by atoms with E-state index in [4.69, 9.17) is 4.74 Å². The molecule has 33 heavy (non-hydrogen) atoms. The summed E-state index contributed by atoms with van der Waals surface area (Å²) in [5.74, 6) is 1.16. The molecule has 1 fully saturated rings. The quantitative estimate of drug-likeness (QED) is 0.490. The number of nitrogens with one attached hydrogen (secondary N) is 1. The Labute approximate surface area is 197 Å². The number of carbonyl (C=O) groups is 1. The monoisotopic (exact) mass is 447 g/mol. The Morgan fingerprint density at radius 1 is 1.06 bits per heavy atom. The molecule has 1 aliphatic rings. The maximum atomic E-state index is 12.8. The summed E-state index contributed by atoms with van der Waals surface area (Å²) < 4.78 is 6.02. The van der Waals surface area contributed by atoms with Crippen molar-refractivity contribution in [2.45, 2.75) is 45.6 Å². The minimum absolute atomic E-state index is 0.0977. The van der Waals surface area contributed by atoms with Crippen LogP contribution in [0, 0.1) is 0 Å². The zero-order valence-corrected chi connectivity index (χ0v) is 20.3. The van der Waals surface area contributed by atoms with Crippen molar-refractivity contribution in [1.82, 2.24) is 14.8 Å². The summed E-state index contributed by atoms with van der Waals surface area (Å²) in [7, 11) is 2.17. The Morgan fingerprint density at radius 2 is 1.82 bits per heavy atom. The number of piperazine rings is 1. The topological polar surface area (TPSA) is 48.6 Å². The molecule has 0 bridgehead atoms. The van der Waals surface area contributed by atoms with Crippen molar-refractivity contribution in [3.8, 4) is 5.75 Å². The third-order valence-electron chi connectivity index (χ3n) is 6.39. The zero-order chi connectivity index (χ0) is 23.2. The number of hydrogen-bond donors (Lipinski definition) is 1. The minimum Gasteiger partial charge on any atom is -0.491 e. The van der Waals surface area contributed by atoms with E-state index < -0.39 is 0 Å². The van der Waals surface area contributed by atoms with Crippen LogP contribution in [-0.4, -0.2) is 66.4 Å². The molecule has 0 spiro atoms. The van der Waals surface area contributed by atoms with Crippen LogP contribution in [0.15, 0.2) is 48.7 Å². The maximum Gasteiger partial charge on any atom is 0.137 e. The van der Waals surface area contributed by atoms with Gasteiger partial charge in [0.25, 0.3) is 0 Å². The third kappa shape index (κ3) is 6.68. The second kappa shape index (κ2) is 11.0. The SMILES string of the molecule is CC(C)Oc1cc(CC(=O)CCCN2CCN(C)CC2)cc(Cc2c[nH]c3ccccc23)c1. The van der Waals surface area contributed by atoms with E-state index in [-0.39, 0.29) is 6.10 Å². The Kier molecular flexibility index (Phi) is 7.84. The minimum atomic E-state index is 0.0977. The van der Waals surface area contributed by atoms with Crippen molar-refractivity contribution in [3.63, 3.8) is 0 Å². The van der Waals surface area contributed by atoms with Gasteiger partial charge in [0.05, 0.1) is 6.10 Å². The molecule has 5 nitrogen and oxygen atoms in total. The fraction of sp³-hybridized carbons (Fsp3) is 0.464. The van der Waals surface area contributed by atoms with Gasteiger partial charge in [0.1, 0.15) is 11.5 Å². The number of ether oxygens (including phenoxy) is 1. The average molecular weight is 448 g/mol. The van der Waals surface area contributed by atoms with Crippen LogP contribution in [0.5, 0.6) is 5.75 Å². The molecule has 176 valence electrons. The predicted octanol–water partition coefficient (Wildman–Crippen LogP) is 4.69. The number of H-pyrrole nitrogens is 1. The van der Waals surface area contributed by atoms with E-state index >= 15 is 0 Å². The molecule has 1 aliphatic heterocycles. The molecule has 0 atom stereocenters. The molecule has 0 unspecified atom stereocenters. The van der Waals surface area contributed by atoms with Crippen LogP contribution in [0.3, 0.4) is 0 Å². The highest BCUT2D eigenvalue weighted by Gasteiger charge is 2.15. The smallest absolute Gasteiger partial charge is 0.137 e. The van der Waals surface area contributed by atoms with Crippen molar-refractivity contribution < 1.29 is 9.53 Å². The highest BCUT2D eigenvalue weighted by atomic mass is 16.5. The van der Waals surface area contributed by atoms with Gasteiger partial charge in [-0.1, -0.05) is 24.3 Å². The van der Waals surface area contributed by atoms with Gasteiger partial charge in [0.2, 0.25) is 0 Å². The number of Topliss-reactive ketones (excluding diaryl/α,β-unsaturated/α-hetero) is 1. The van der Waals surface area contributed by atoms with Crippen molar-refractivity contribution >= 4 is 16.7 Å². The summed E-state index contributed by atoms with van der Waals surface area (Å²) in [5, 5.41) is 1.24. The Hall–Kier alpha value is -2.63. The van der Waals surface area contributed by atoms with Crippen molar-refractivity contribution in [2.24, 2.45) is 0 Å². The molecule has 0 saturated carbocycles. The fourth-order valence-electron chi connectivity index (χ4n) is 4.66. The van der Waals surface area contributed by atoms with Crippen LogP contribution in [0.25, 0.3) is 10.9 Å². The van der Waals surface area contributed by atoms with Crippen molar-refractivity contribution in [3.05, 3.63) is 65.4 Å². The van der Waals surface area contributed by atoms with Crippen molar-refractivity contribution in [1.29, 1.82) is 0 Å². The van der Waals surface area contributed by atoms with Gasteiger partial charge in [-0.2, -0.15) is 0 Å². The molecule has 2 heterocycles. The Bertz CT molecular complexity index is 1060. The molecule has 1 saturated heterocycles. The summed E-state index contributed by atoms with van der Waals surface area (Å²) in [6.45, 7) is 9.55. The molecule has 0 amide bonds. The lowest BCUT2D eigenvalue weighted by atomic mass is 9.98. The lowest BCUT2D eigenvalue weighted by Crippen LogP contribution is -2.44. The van der Waals surface area contributed by atoms with Gasteiger partial charge in [-0.3, -0.25) is 4.79 Å². The van der Waals surface area contributed by atoms with E-state index in [2.05, 4.69) is 58.4 Å². The molecular formula is C28H37N3O2. The second-order valence-electron chi connectivity index (χ2n) is 9.65. The largest absolute Gasteiger partial charge is 0.491 e. The Morgan fingerprint density at radius 3 is 2.61 bits per heavy atom. The normalized spacial score (nSPS) is 15.4. The predicted molar refractivity (Wildman–Crippen MR) is 135 cm³/mol. The molecule has 0 radical (unpaired) electrons. The number of nitrogens with zero attached hydrogens (tertiary/aromatic N) is 2. The molecule has 0 aliphatic carbocycles. The number of ketones is 1. The summed E-state index contributed by atoms with van der Waals surface area (Å²) in [6.07, 6.45) is 5.04. The average Bonchev–Trinajstić information content (AvgIpc) is 3.17. The number of benzene rings is 2. The first-order valence-electron chi connectivity index (χ1n) is 12.2. The summed E-state index contributed by atoms with van der Waals surface area (Å²) >= 11 is 0. The van der Waals surface area contributed by atoms with Crippen LogP contribution in [0.4, 0.5) is 0 Å². The number of aromatic nitrogens is 1. The van der Waals surface area contributed by atoms with E-state index in [1.807, 2.05) is 26.0 Å². The molecule has 1 N–H and O–H groups in total. The van der Waals surface area contributed by atoms with Gasteiger partial charge < -0.3 is 19.5 Å². The molecular weight excluding hydrogens is 410 g/mol. The van der Waals surface area contributed by atoms with E-state index in [1.165, 1.54) is 16.5 Å². The van der Waals surface area contributed by atoms with Gasteiger partial charge in [0.15, 0.2) is 0 Å². The highest BCUT2D eigenvalue weighted by molar-refractivity contribution is 5.83. The zero-order valence-electron chi connectivity index (χ0n) is 20.3. The van der Waals surface area contributed by atoms with Crippen LogP contribution < -0.4 is 4.74 Å². The number of rotatable bonds is 10. The molecule has 2 aromatic carbocycles. The first kappa shape index (κ1) is 23.5. The molecule has 3 aromatic rings. The van der Waals surface area contributed by atoms with Crippen molar-refractivity contribution in [2.75, 3.05) is 39.8 Å². The van der Waals surface area contributed by atoms with Gasteiger partial charge in [-0.25, -0.2) is 0 Å². The van der Waals surface area contributed by atoms with E-state index in [9.17, 15) is 4.79 Å². The molecule has 1 aromatic heterocycles. The first-order chi connectivity index (χ1) is 16.0. The fourth-order valence-corrected chi connectivity index (χ4v) is 4.66. The van der Waals surface area contributed by atoms with Gasteiger partial charge in [-0.05, 0) is 75.2 Å². The number of aromatic amines is 1. The summed E-state index contributed by atoms with van der Waals surface area (Å²) in [4.78, 5) is 21.0. The van der Waals surface area contributed by atoms with Crippen LogP contribution in [0.1, 0.15) is 43.4 Å². The van der Waals surface area contributed by atoms with E-state index in [0.717, 1.165) is 62.4 Å². The second-order valence-corrected chi connectivity index (χ2v) is 9.65. The number of likely N-dealkylation sites (N-methyl/N-ethyl adjacent to an activating group) is 1. The number of fused-ring (bicyclic) bond motifs is 1. The number of para-hydroxylation sites is 1. The van der Waals surface area contributed by atoms with Crippen LogP contribution in [-0.2, 0) is 17.6 Å². The Balaban J connectivity index is 1.40. The summed E-state index contributed by atoms with van der Waals surface area (Å²) in [5.41, 5.74) is 4.64. The molecule has 4 rings (SSSR count). The number of hydrogen-bond acceptors (Lipinski definition) is 4. The lowest BCUT2D eigenvalue weighted by Gasteiger charge is -2.32. The van der Waals surface area contributed by atoms with Gasteiger partial charge in [-0.15, -0.1) is 0 Å². The van der Waals surface area contributed by atoms with Gasteiger partial charge >= 0.3 is 0 Å². The van der Waals surface area contributed by atoms with E-state index in [1.54, 1.807) is 0 Å². The summed E-state index contributed by atoms with van der Waals surface area (Å²) in [6, 6.07) is 14.7. The van der Waals surface area contributed by atoms with Crippen LogP contribution in [0.2, 0.25) is 0 Å². The van der Waals surface area contributed by atoms with E-state index in [0.29, 0.717) is 18.6 Å². The molecule has 5 heteroatoms. The highest BCUT2D eigenvalue weighted by Crippen LogP contribution is 2.25.